The Bertz CT molecular complexity index is 1110. The van der Waals surface area contributed by atoms with E-state index in [0.717, 1.165) is 5.56 Å². The fraction of sp³-hybridized carbons (Fsp3) is 0.333. The summed E-state index contributed by atoms with van der Waals surface area (Å²) >= 11 is 12.1. The third-order valence-electron chi connectivity index (χ3n) is 5.08. The Labute approximate surface area is 192 Å². The lowest BCUT2D eigenvalue weighted by molar-refractivity contribution is -0.133. The number of hydrogen-bond acceptors (Lipinski definition) is 5. The van der Waals surface area contributed by atoms with Gasteiger partial charge >= 0.3 is 0 Å². The lowest BCUT2D eigenvalue weighted by Gasteiger charge is -2.35. The molecule has 0 radical (unpaired) electrons. The summed E-state index contributed by atoms with van der Waals surface area (Å²) in [4.78, 5) is 16.2. The average molecular weight is 481 g/mol. The monoisotopic (exact) mass is 480 g/mol. The van der Waals surface area contributed by atoms with E-state index < -0.39 is 10.0 Å². The van der Waals surface area contributed by atoms with Crippen LogP contribution in [0.5, 0.6) is 0 Å². The van der Waals surface area contributed by atoms with Crippen molar-refractivity contribution in [3.63, 3.8) is 0 Å². The summed E-state index contributed by atoms with van der Waals surface area (Å²) in [6.45, 7) is 1.62. The number of rotatable bonds is 6. The molecule has 10 heteroatoms. The van der Waals surface area contributed by atoms with Crippen LogP contribution in [0, 0.1) is 11.3 Å². The lowest BCUT2D eigenvalue weighted by Crippen LogP contribution is -2.52. The highest BCUT2D eigenvalue weighted by Gasteiger charge is 2.31. The molecule has 0 aliphatic carbocycles. The molecule has 2 aromatic rings. The average Bonchev–Trinajstić information content (AvgIpc) is 2.75. The molecule has 0 spiro atoms. The Hall–Kier alpha value is -2.15. The Morgan fingerprint density at radius 3 is 2.45 bits per heavy atom. The minimum Gasteiger partial charge on any atom is -0.339 e. The summed E-state index contributed by atoms with van der Waals surface area (Å²) in [7, 11) is -1.97. The molecule has 0 N–H and O–H groups in total. The van der Waals surface area contributed by atoms with Crippen molar-refractivity contribution in [2.75, 3.05) is 39.8 Å². The summed E-state index contributed by atoms with van der Waals surface area (Å²) in [5.41, 5.74) is 0.983. The van der Waals surface area contributed by atoms with Crippen LogP contribution >= 0.6 is 23.2 Å². The van der Waals surface area contributed by atoms with E-state index in [1.165, 1.54) is 16.4 Å². The largest absolute Gasteiger partial charge is 0.339 e. The fourth-order valence-corrected chi connectivity index (χ4v) is 5.46. The number of carbonyl (C=O) groups is 1. The molecule has 3 rings (SSSR count). The molecule has 1 fully saturated rings. The first kappa shape index (κ1) is 23.5. The first-order valence-corrected chi connectivity index (χ1v) is 11.8. The minimum absolute atomic E-state index is 0.00291. The molecule has 2 aromatic carbocycles. The van der Waals surface area contributed by atoms with Gasteiger partial charge in [0.1, 0.15) is 6.07 Å². The number of carbonyl (C=O) groups excluding carboxylic acids is 1. The van der Waals surface area contributed by atoms with Crippen molar-refractivity contribution in [1.82, 2.24) is 14.1 Å². The number of halogens is 2. The Kier molecular flexibility index (Phi) is 7.57. The maximum Gasteiger partial charge on any atom is 0.244 e. The molecule has 1 heterocycles. The number of piperazine rings is 1. The van der Waals surface area contributed by atoms with Gasteiger partial charge < -0.3 is 4.90 Å². The summed E-state index contributed by atoms with van der Waals surface area (Å²) < 4.78 is 27.2. The fourth-order valence-electron chi connectivity index (χ4n) is 3.43. The van der Waals surface area contributed by atoms with Crippen molar-refractivity contribution in [2.45, 2.75) is 11.4 Å². The van der Waals surface area contributed by atoms with E-state index in [9.17, 15) is 18.5 Å². The third-order valence-corrected chi connectivity index (χ3v) is 7.62. The van der Waals surface area contributed by atoms with E-state index in [-0.39, 0.29) is 36.0 Å². The van der Waals surface area contributed by atoms with Gasteiger partial charge in [0.25, 0.3) is 0 Å². The van der Waals surface area contributed by atoms with E-state index >= 15 is 0 Å². The smallest absolute Gasteiger partial charge is 0.244 e. The predicted octanol–water partition coefficient (Wildman–Crippen LogP) is 2.83. The predicted molar refractivity (Wildman–Crippen MR) is 119 cm³/mol. The number of sulfonamides is 1. The van der Waals surface area contributed by atoms with Crippen LogP contribution in [0.15, 0.2) is 47.4 Å². The highest BCUT2D eigenvalue weighted by atomic mass is 35.5. The number of likely N-dealkylation sites (N-methyl/N-ethyl adjacent to an activating group) is 1. The van der Waals surface area contributed by atoms with E-state index in [0.29, 0.717) is 29.7 Å². The zero-order chi connectivity index (χ0) is 22.6. The van der Waals surface area contributed by atoms with Gasteiger partial charge in [-0.3, -0.25) is 9.69 Å². The molecule has 7 nitrogen and oxygen atoms in total. The molecule has 164 valence electrons. The summed E-state index contributed by atoms with van der Waals surface area (Å²) in [5.74, 6) is -0.0814. The molecule has 31 heavy (non-hydrogen) atoms. The molecule has 1 aliphatic heterocycles. The first-order chi connectivity index (χ1) is 14.7. The molecular weight excluding hydrogens is 459 g/mol. The van der Waals surface area contributed by atoms with Crippen molar-refractivity contribution < 1.29 is 13.2 Å². The van der Waals surface area contributed by atoms with Crippen LogP contribution in [0.3, 0.4) is 0 Å². The number of nitrogens with zero attached hydrogens (tertiary/aromatic N) is 4. The Balaban J connectivity index is 1.57. The SMILES string of the molecule is CN(CC(=O)N1CCN(S(=O)(=O)c2ccccc2C#N)CC1)Cc1ccc(Cl)cc1Cl. The second kappa shape index (κ2) is 9.98. The van der Waals surface area contributed by atoms with Crippen molar-refractivity contribution in [1.29, 1.82) is 5.26 Å². The van der Waals surface area contributed by atoms with E-state index in [1.807, 2.05) is 24.1 Å². The number of hydrogen-bond donors (Lipinski definition) is 0. The maximum absolute atomic E-state index is 12.9. The lowest BCUT2D eigenvalue weighted by atomic mass is 10.2. The van der Waals surface area contributed by atoms with Crippen LogP contribution in [0.4, 0.5) is 0 Å². The molecule has 0 atom stereocenters. The van der Waals surface area contributed by atoms with E-state index in [1.54, 1.807) is 29.2 Å². The minimum atomic E-state index is -3.79. The topological polar surface area (TPSA) is 84.7 Å². The Morgan fingerprint density at radius 1 is 1.13 bits per heavy atom. The molecule has 0 aromatic heterocycles. The summed E-state index contributed by atoms with van der Waals surface area (Å²) in [6.07, 6.45) is 0. The van der Waals surface area contributed by atoms with Crippen LogP contribution in [0.1, 0.15) is 11.1 Å². The van der Waals surface area contributed by atoms with Gasteiger partial charge in [0.15, 0.2) is 0 Å². The number of nitriles is 1. The van der Waals surface area contributed by atoms with Gasteiger partial charge in [-0.1, -0.05) is 41.4 Å². The van der Waals surface area contributed by atoms with Gasteiger partial charge in [0, 0.05) is 42.8 Å². The third kappa shape index (κ3) is 5.56. The van der Waals surface area contributed by atoms with Gasteiger partial charge in [-0.05, 0) is 36.9 Å². The molecule has 1 amide bonds. The van der Waals surface area contributed by atoms with Crippen LogP contribution < -0.4 is 0 Å². The van der Waals surface area contributed by atoms with Gasteiger partial charge in [-0.2, -0.15) is 9.57 Å². The van der Waals surface area contributed by atoms with Crippen molar-refractivity contribution >= 4 is 39.1 Å². The van der Waals surface area contributed by atoms with Gasteiger partial charge in [0.2, 0.25) is 15.9 Å². The van der Waals surface area contributed by atoms with Gasteiger partial charge in [0.05, 0.1) is 17.0 Å². The maximum atomic E-state index is 12.9. The van der Waals surface area contributed by atoms with Crippen LogP contribution in [0.25, 0.3) is 0 Å². The van der Waals surface area contributed by atoms with E-state index in [4.69, 9.17) is 23.2 Å². The molecule has 1 aliphatic rings. The highest BCUT2D eigenvalue weighted by Crippen LogP contribution is 2.23. The van der Waals surface area contributed by atoms with E-state index in [2.05, 4.69) is 0 Å². The highest BCUT2D eigenvalue weighted by molar-refractivity contribution is 7.89. The van der Waals surface area contributed by atoms with Crippen molar-refractivity contribution in [3.8, 4) is 6.07 Å². The molecule has 0 bridgehead atoms. The van der Waals surface area contributed by atoms with Crippen LogP contribution in [-0.2, 0) is 21.4 Å². The first-order valence-electron chi connectivity index (χ1n) is 9.62. The molecule has 0 saturated carbocycles. The van der Waals surface area contributed by atoms with Crippen LogP contribution in [0.2, 0.25) is 10.0 Å². The summed E-state index contributed by atoms with van der Waals surface area (Å²) in [6, 6.07) is 13.3. The van der Waals surface area contributed by atoms with Gasteiger partial charge in [-0.25, -0.2) is 8.42 Å². The van der Waals surface area contributed by atoms with Crippen molar-refractivity contribution in [2.24, 2.45) is 0 Å². The number of amides is 1. The van der Waals surface area contributed by atoms with Gasteiger partial charge in [-0.15, -0.1) is 0 Å². The number of benzene rings is 2. The molecule has 0 unspecified atom stereocenters. The quantitative estimate of drug-likeness (QED) is 0.634. The second-order valence-electron chi connectivity index (χ2n) is 7.30. The summed E-state index contributed by atoms with van der Waals surface area (Å²) in [5, 5.41) is 10.3. The molecule has 1 saturated heterocycles. The Morgan fingerprint density at radius 2 is 1.81 bits per heavy atom. The standard InChI is InChI=1S/C21H22Cl2N4O3S/c1-25(14-17-6-7-18(22)12-19(17)23)15-21(28)26-8-10-27(11-9-26)31(29,30)20-5-3-2-4-16(20)13-24/h2-7,12H,8-11,14-15H2,1H3. The molecular formula is C21H22Cl2N4O3S. The van der Waals surface area contributed by atoms with Crippen LogP contribution in [-0.4, -0.2) is 68.2 Å². The zero-order valence-corrected chi connectivity index (χ0v) is 19.3. The normalized spacial score (nSPS) is 15.1. The second-order valence-corrected chi connectivity index (χ2v) is 10.1. The zero-order valence-electron chi connectivity index (χ0n) is 17.0. The van der Waals surface area contributed by atoms with Crippen molar-refractivity contribution in [3.05, 3.63) is 63.6 Å².